The Balaban J connectivity index is 2.10. The topological polar surface area (TPSA) is 25.2 Å². The monoisotopic (exact) mass is 277 g/mol. The summed E-state index contributed by atoms with van der Waals surface area (Å²) >= 11 is 6.13. The van der Waals surface area contributed by atoms with Crippen LogP contribution < -0.4 is 5.32 Å². The van der Waals surface area contributed by atoms with E-state index in [4.69, 9.17) is 16.0 Å². The van der Waals surface area contributed by atoms with Gasteiger partial charge in [0.15, 0.2) is 0 Å². The second kappa shape index (κ2) is 6.27. The lowest BCUT2D eigenvalue weighted by Crippen LogP contribution is -2.18. The van der Waals surface area contributed by atoms with Crippen LogP contribution in [-0.4, -0.2) is 6.54 Å². The Bertz CT molecular complexity index is 545. The molecule has 0 aliphatic rings. The Kier molecular flexibility index (Phi) is 4.67. The summed E-state index contributed by atoms with van der Waals surface area (Å²) in [5, 5.41) is 4.14. The lowest BCUT2D eigenvalue weighted by Gasteiger charge is -2.06. The lowest BCUT2D eigenvalue weighted by atomic mass is 10.1. The van der Waals surface area contributed by atoms with Crippen molar-refractivity contribution in [3.05, 3.63) is 46.7 Å². The average Bonchev–Trinajstić information content (AvgIpc) is 2.81. The number of hydrogen-bond acceptors (Lipinski definition) is 2. The zero-order chi connectivity index (χ0) is 13.8. The van der Waals surface area contributed by atoms with Gasteiger partial charge in [-0.05, 0) is 43.1 Å². The normalized spacial score (nSPS) is 11.2. The van der Waals surface area contributed by atoms with Crippen LogP contribution in [-0.2, 0) is 6.54 Å². The Hall–Kier alpha value is -1.25. The highest BCUT2D eigenvalue weighted by molar-refractivity contribution is 6.31. The molecule has 0 fully saturated rings. The lowest BCUT2D eigenvalue weighted by molar-refractivity contribution is 0.472. The van der Waals surface area contributed by atoms with Crippen LogP contribution in [0.2, 0.25) is 5.02 Å². The minimum atomic E-state index is 0.643. The first-order valence-corrected chi connectivity index (χ1v) is 7.00. The highest BCUT2D eigenvalue weighted by atomic mass is 35.5. The minimum Gasteiger partial charge on any atom is -0.460 e. The molecule has 2 nitrogen and oxygen atoms in total. The van der Waals surface area contributed by atoms with Crippen molar-refractivity contribution in [1.29, 1.82) is 0 Å². The molecule has 2 aromatic rings. The molecule has 0 aliphatic heterocycles. The van der Waals surface area contributed by atoms with Gasteiger partial charge in [0, 0.05) is 10.6 Å². The zero-order valence-corrected chi connectivity index (χ0v) is 12.4. The van der Waals surface area contributed by atoms with Crippen LogP contribution in [0.15, 0.2) is 34.7 Å². The molecule has 1 aromatic carbocycles. The summed E-state index contributed by atoms with van der Waals surface area (Å²) in [6, 6.07) is 9.90. The third-order valence-corrected chi connectivity index (χ3v) is 3.46. The Morgan fingerprint density at radius 3 is 2.74 bits per heavy atom. The summed E-state index contributed by atoms with van der Waals surface area (Å²) < 4.78 is 5.87. The number of halogens is 1. The number of hydrogen-bond donors (Lipinski definition) is 1. The zero-order valence-electron chi connectivity index (χ0n) is 11.7. The molecule has 1 heterocycles. The second-order valence-corrected chi connectivity index (χ2v) is 5.61. The van der Waals surface area contributed by atoms with Gasteiger partial charge in [-0.3, -0.25) is 0 Å². The van der Waals surface area contributed by atoms with E-state index in [-0.39, 0.29) is 0 Å². The van der Waals surface area contributed by atoms with E-state index in [9.17, 15) is 0 Å². The van der Waals surface area contributed by atoms with Gasteiger partial charge in [-0.1, -0.05) is 37.6 Å². The van der Waals surface area contributed by atoms with E-state index in [0.717, 1.165) is 40.8 Å². The Morgan fingerprint density at radius 1 is 1.21 bits per heavy atom. The first kappa shape index (κ1) is 14.2. The van der Waals surface area contributed by atoms with Crippen LogP contribution >= 0.6 is 11.6 Å². The van der Waals surface area contributed by atoms with Crippen molar-refractivity contribution in [1.82, 2.24) is 5.32 Å². The van der Waals surface area contributed by atoms with Crippen LogP contribution in [0.25, 0.3) is 11.3 Å². The molecule has 0 atom stereocenters. The minimum absolute atomic E-state index is 0.643. The highest BCUT2D eigenvalue weighted by Crippen LogP contribution is 2.29. The van der Waals surface area contributed by atoms with Crippen molar-refractivity contribution in [2.24, 2.45) is 5.92 Å². The van der Waals surface area contributed by atoms with Crippen molar-refractivity contribution in [3.8, 4) is 11.3 Å². The molecule has 0 bridgehead atoms. The van der Waals surface area contributed by atoms with Gasteiger partial charge in [-0.15, -0.1) is 0 Å². The molecule has 0 amide bonds. The molecule has 102 valence electrons. The van der Waals surface area contributed by atoms with Crippen molar-refractivity contribution >= 4 is 11.6 Å². The highest BCUT2D eigenvalue weighted by Gasteiger charge is 2.09. The summed E-state index contributed by atoms with van der Waals surface area (Å²) in [6.07, 6.45) is 0. The molecule has 0 aliphatic carbocycles. The van der Waals surface area contributed by atoms with Gasteiger partial charge < -0.3 is 9.73 Å². The van der Waals surface area contributed by atoms with Crippen LogP contribution in [0.5, 0.6) is 0 Å². The van der Waals surface area contributed by atoms with E-state index in [0.29, 0.717) is 5.92 Å². The third kappa shape index (κ3) is 3.62. The van der Waals surface area contributed by atoms with Crippen molar-refractivity contribution < 1.29 is 4.42 Å². The molecule has 19 heavy (non-hydrogen) atoms. The van der Waals surface area contributed by atoms with Gasteiger partial charge in [-0.25, -0.2) is 0 Å². The molecule has 0 unspecified atom stereocenters. The second-order valence-electron chi connectivity index (χ2n) is 5.20. The quantitative estimate of drug-likeness (QED) is 0.860. The Labute approximate surface area is 119 Å². The smallest absolute Gasteiger partial charge is 0.134 e. The van der Waals surface area contributed by atoms with E-state index >= 15 is 0 Å². The number of furan rings is 1. The van der Waals surface area contributed by atoms with Crippen molar-refractivity contribution in [3.63, 3.8) is 0 Å². The molecule has 0 saturated carbocycles. The maximum Gasteiger partial charge on any atom is 0.134 e. The van der Waals surface area contributed by atoms with Gasteiger partial charge in [0.2, 0.25) is 0 Å². The van der Waals surface area contributed by atoms with Crippen LogP contribution in [0.4, 0.5) is 0 Å². The van der Waals surface area contributed by atoms with E-state index in [2.05, 4.69) is 19.2 Å². The van der Waals surface area contributed by atoms with Crippen LogP contribution in [0.3, 0.4) is 0 Å². The van der Waals surface area contributed by atoms with Gasteiger partial charge >= 0.3 is 0 Å². The van der Waals surface area contributed by atoms with E-state index in [1.165, 1.54) is 0 Å². The van der Waals surface area contributed by atoms with E-state index in [1.54, 1.807) is 0 Å². The first-order valence-electron chi connectivity index (χ1n) is 6.63. The molecule has 1 N–H and O–H groups in total. The van der Waals surface area contributed by atoms with Gasteiger partial charge in [0.1, 0.15) is 11.5 Å². The molecule has 3 heteroatoms. The van der Waals surface area contributed by atoms with Crippen LogP contribution in [0, 0.1) is 12.8 Å². The fourth-order valence-corrected chi connectivity index (χ4v) is 2.15. The standard InChI is InChI=1S/C16H20ClNO/c1-11(2)9-18-10-13-7-8-16(19-13)14-5-4-6-15(17)12(14)3/h4-8,11,18H,9-10H2,1-3H3. The SMILES string of the molecule is Cc1c(Cl)cccc1-c1ccc(CNCC(C)C)o1. The van der Waals surface area contributed by atoms with E-state index in [1.807, 2.05) is 37.3 Å². The number of benzene rings is 1. The summed E-state index contributed by atoms with van der Waals surface area (Å²) in [4.78, 5) is 0. The summed E-state index contributed by atoms with van der Waals surface area (Å²) in [5.74, 6) is 2.47. The predicted molar refractivity (Wildman–Crippen MR) is 80.4 cm³/mol. The first-order chi connectivity index (χ1) is 9.08. The van der Waals surface area contributed by atoms with Crippen molar-refractivity contribution in [2.75, 3.05) is 6.54 Å². The Morgan fingerprint density at radius 2 is 2.00 bits per heavy atom. The fourth-order valence-electron chi connectivity index (χ4n) is 1.98. The van der Waals surface area contributed by atoms with Gasteiger partial charge in [0.05, 0.1) is 6.54 Å². The summed E-state index contributed by atoms with van der Waals surface area (Å²) in [6.45, 7) is 8.15. The summed E-state index contributed by atoms with van der Waals surface area (Å²) in [7, 11) is 0. The van der Waals surface area contributed by atoms with Crippen LogP contribution in [0.1, 0.15) is 25.2 Å². The molecule has 0 spiro atoms. The van der Waals surface area contributed by atoms with Gasteiger partial charge in [0.25, 0.3) is 0 Å². The molecule has 2 rings (SSSR count). The maximum absolute atomic E-state index is 6.13. The molecular formula is C16H20ClNO. The molecule has 0 radical (unpaired) electrons. The van der Waals surface area contributed by atoms with E-state index < -0.39 is 0 Å². The number of nitrogens with one attached hydrogen (secondary N) is 1. The number of rotatable bonds is 5. The summed E-state index contributed by atoms with van der Waals surface area (Å²) in [5.41, 5.74) is 2.11. The largest absolute Gasteiger partial charge is 0.460 e. The molecular weight excluding hydrogens is 258 g/mol. The maximum atomic E-state index is 6.13. The fraction of sp³-hybridized carbons (Fsp3) is 0.375. The third-order valence-electron chi connectivity index (χ3n) is 3.05. The molecule has 1 aromatic heterocycles. The predicted octanol–water partition coefficient (Wildman–Crippen LogP) is 4.65. The van der Waals surface area contributed by atoms with Gasteiger partial charge in [-0.2, -0.15) is 0 Å². The molecule has 0 saturated heterocycles. The average molecular weight is 278 g/mol. The van der Waals surface area contributed by atoms with Crippen molar-refractivity contribution in [2.45, 2.75) is 27.3 Å².